The van der Waals surface area contributed by atoms with Crippen molar-refractivity contribution >= 4 is 10.8 Å². The van der Waals surface area contributed by atoms with E-state index in [9.17, 15) is 0 Å². The third kappa shape index (κ3) is 4.37. The van der Waals surface area contributed by atoms with Gasteiger partial charge in [-0.05, 0) is 77.5 Å². The number of rotatable bonds is 4. The first kappa shape index (κ1) is 19.0. The van der Waals surface area contributed by atoms with E-state index in [4.69, 9.17) is 0 Å². The van der Waals surface area contributed by atoms with E-state index in [0.29, 0.717) is 0 Å². The van der Waals surface area contributed by atoms with Crippen molar-refractivity contribution in [2.24, 2.45) is 0 Å². The Kier molecular flexibility index (Phi) is 5.41. The Hall–Kier alpha value is -1.38. The van der Waals surface area contributed by atoms with Crippen molar-refractivity contribution < 1.29 is 0 Å². The zero-order chi connectivity index (χ0) is 18.1. The third-order valence-corrected chi connectivity index (χ3v) is 5.18. The summed E-state index contributed by atoms with van der Waals surface area (Å²) < 4.78 is 0. The fourth-order valence-electron chi connectivity index (χ4n) is 2.75. The summed E-state index contributed by atoms with van der Waals surface area (Å²) >= 11 is 0. The molecule has 0 radical (unpaired) electrons. The van der Waals surface area contributed by atoms with Crippen molar-refractivity contribution in [3.05, 3.63) is 47.5 Å². The minimum Gasteiger partial charge on any atom is -0.297 e. The predicted octanol–water partition coefficient (Wildman–Crippen LogP) is 5.30. The van der Waals surface area contributed by atoms with E-state index in [1.165, 1.54) is 21.9 Å². The first-order chi connectivity index (χ1) is 11.0. The average Bonchev–Trinajstić information content (AvgIpc) is 2.45. The molecule has 0 aliphatic carbocycles. The van der Waals surface area contributed by atoms with Crippen molar-refractivity contribution in [2.45, 2.75) is 65.7 Å². The lowest BCUT2D eigenvalue weighted by Crippen LogP contribution is -2.38. The van der Waals surface area contributed by atoms with Gasteiger partial charge in [-0.1, -0.05) is 36.4 Å². The van der Waals surface area contributed by atoms with Crippen LogP contribution in [0, 0.1) is 0 Å². The molecule has 0 aliphatic heterocycles. The normalized spacial score (nSPS) is 13.2. The summed E-state index contributed by atoms with van der Waals surface area (Å²) in [6.07, 6.45) is 0. The van der Waals surface area contributed by atoms with Gasteiger partial charge in [-0.15, -0.1) is 0 Å². The molecule has 0 unspecified atom stereocenters. The fraction of sp³-hybridized carbons (Fsp3) is 0.545. The maximum absolute atomic E-state index is 2.42. The van der Waals surface area contributed by atoms with Crippen LogP contribution in [0.1, 0.15) is 52.7 Å². The van der Waals surface area contributed by atoms with Gasteiger partial charge in [0.1, 0.15) is 0 Å². The summed E-state index contributed by atoms with van der Waals surface area (Å²) in [5.41, 5.74) is 3.17. The van der Waals surface area contributed by atoms with Crippen LogP contribution in [-0.4, -0.2) is 35.0 Å². The monoisotopic (exact) mass is 326 g/mol. The fourth-order valence-corrected chi connectivity index (χ4v) is 2.75. The highest BCUT2D eigenvalue weighted by molar-refractivity contribution is 5.88. The molecule has 2 nitrogen and oxygen atoms in total. The van der Waals surface area contributed by atoms with Gasteiger partial charge in [0.15, 0.2) is 0 Å². The molecule has 2 rings (SSSR count). The molecular weight excluding hydrogens is 292 g/mol. The Morgan fingerprint density at radius 3 is 1.38 bits per heavy atom. The minimum absolute atomic E-state index is 0.166. The smallest absolute Gasteiger partial charge is 0.0242 e. The Morgan fingerprint density at radius 1 is 0.667 bits per heavy atom. The lowest BCUT2D eigenvalue weighted by molar-refractivity contribution is 0.166. The number of hydrogen-bond acceptors (Lipinski definition) is 2. The quantitative estimate of drug-likeness (QED) is 0.752. The van der Waals surface area contributed by atoms with Gasteiger partial charge >= 0.3 is 0 Å². The summed E-state index contributed by atoms with van der Waals surface area (Å²) in [4.78, 5) is 4.85. The number of fused-ring (bicyclic) bond motifs is 1. The summed E-state index contributed by atoms with van der Waals surface area (Å²) in [5.74, 6) is 0. The number of nitrogens with zero attached hydrogens (tertiary/aromatic N) is 2. The van der Waals surface area contributed by atoms with E-state index in [-0.39, 0.29) is 11.1 Å². The second kappa shape index (κ2) is 6.85. The Balaban J connectivity index is 2.46. The zero-order valence-corrected chi connectivity index (χ0v) is 16.8. The van der Waals surface area contributed by atoms with Gasteiger partial charge < -0.3 is 0 Å². The van der Waals surface area contributed by atoms with Crippen molar-refractivity contribution in [3.63, 3.8) is 0 Å². The molecule has 132 valence electrons. The summed E-state index contributed by atoms with van der Waals surface area (Å²) in [5, 5.41) is 2.77. The van der Waals surface area contributed by atoms with Crippen molar-refractivity contribution in [2.75, 3.05) is 14.1 Å². The molecule has 0 spiro atoms. The molecular formula is C22H34N2. The van der Waals surface area contributed by atoms with Gasteiger partial charge in [0.05, 0.1) is 0 Å². The average molecular weight is 327 g/mol. The molecule has 2 aromatic carbocycles. The molecule has 0 heterocycles. The van der Waals surface area contributed by atoms with Crippen LogP contribution in [0.5, 0.6) is 0 Å². The number of benzene rings is 2. The van der Waals surface area contributed by atoms with Gasteiger partial charge in [-0.25, -0.2) is 0 Å². The molecule has 2 aromatic rings. The number of hydrogen-bond donors (Lipinski definition) is 0. The van der Waals surface area contributed by atoms with Crippen LogP contribution in [0.4, 0.5) is 0 Å². The Bertz CT molecular complexity index is 632. The molecule has 2 heteroatoms. The van der Waals surface area contributed by atoms with Crippen molar-refractivity contribution in [3.8, 4) is 0 Å². The van der Waals surface area contributed by atoms with Crippen LogP contribution in [-0.2, 0) is 13.1 Å². The molecule has 0 aromatic heterocycles. The molecule has 0 saturated heterocycles. The lowest BCUT2D eigenvalue weighted by atomic mass is 9.96. The lowest BCUT2D eigenvalue weighted by Gasteiger charge is -2.34. The second-order valence-corrected chi connectivity index (χ2v) is 8.99. The Morgan fingerprint density at radius 2 is 1.04 bits per heavy atom. The molecule has 0 aliphatic rings. The van der Waals surface area contributed by atoms with Crippen LogP contribution in [0.2, 0.25) is 0 Å². The van der Waals surface area contributed by atoms with Gasteiger partial charge in [-0.2, -0.15) is 0 Å². The molecule has 24 heavy (non-hydrogen) atoms. The van der Waals surface area contributed by atoms with E-state index in [0.717, 1.165) is 13.1 Å². The van der Waals surface area contributed by atoms with Gasteiger partial charge in [-0.3, -0.25) is 9.80 Å². The van der Waals surface area contributed by atoms with Crippen molar-refractivity contribution in [1.29, 1.82) is 0 Å². The largest absolute Gasteiger partial charge is 0.297 e. The van der Waals surface area contributed by atoms with E-state index in [1.54, 1.807) is 0 Å². The first-order valence-corrected chi connectivity index (χ1v) is 8.92. The van der Waals surface area contributed by atoms with Crippen molar-refractivity contribution in [1.82, 2.24) is 9.80 Å². The van der Waals surface area contributed by atoms with Crippen LogP contribution in [0.3, 0.4) is 0 Å². The van der Waals surface area contributed by atoms with E-state index in [2.05, 4.69) is 102 Å². The highest BCUT2D eigenvalue weighted by Gasteiger charge is 2.20. The maximum Gasteiger partial charge on any atom is 0.0242 e. The molecule has 0 fully saturated rings. The van der Waals surface area contributed by atoms with Crippen LogP contribution in [0.25, 0.3) is 10.8 Å². The highest BCUT2D eigenvalue weighted by atomic mass is 15.2. The molecule has 0 N–H and O–H groups in total. The molecule has 0 bridgehead atoms. The zero-order valence-electron chi connectivity index (χ0n) is 16.8. The topological polar surface area (TPSA) is 6.48 Å². The van der Waals surface area contributed by atoms with Crippen LogP contribution >= 0.6 is 0 Å². The second-order valence-electron chi connectivity index (χ2n) is 8.99. The minimum atomic E-state index is 0.166. The first-order valence-electron chi connectivity index (χ1n) is 8.92. The SMILES string of the molecule is CN(Cc1cccc2cccc(CN(C)C(C)(C)C)c12)C(C)(C)C. The molecule has 0 atom stereocenters. The summed E-state index contributed by atoms with van der Waals surface area (Å²) in [6, 6.07) is 13.4. The predicted molar refractivity (Wildman–Crippen MR) is 106 cm³/mol. The standard InChI is InChI=1S/C22H34N2/c1-21(2,3)23(7)15-18-13-9-11-17-12-10-14-19(20(17)18)16-24(8)22(4,5)6/h9-14H,15-16H2,1-8H3. The summed E-state index contributed by atoms with van der Waals surface area (Å²) in [7, 11) is 4.42. The van der Waals surface area contributed by atoms with E-state index in [1.807, 2.05) is 0 Å². The van der Waals surface area contributed by atoms with Gasteiger partial charge in [0, 0.05) is 24.2 Å². The van der Waals surface area contributed by atoms with E-state index < -0.39 is 0 Å². The highest BCUT2D eigenvalue weighted by Crippen LogP contribution is 2.28. The van der Waals surface area contributed by atoms with Gasteiger partial charge in [0.2, 0.25) is 0 Å². The Labute approximate surface area is 148 Å². The molecule has 0 saturated carbocycles. The summed E-state index contributed by atoms with van der Waals surface area (Å²) in [6.45, 7) is 15.6. The van der Waals surface area contributed by atoms with Crippen LogP contribution < -0.4 is 0 Å². The van der Waals surface area contributed by atoms with E-state index >= 15 is 0 Å². The maximum atomic E-state index is 2.42. The van der Waals surface area contributed by atoms with Crippen LogP contribution in [0.15, 0.2) is 36.4 Å². The molecule has 0 amide bonds. The third-order valence-electron chi connectivity index (χ3n) is 5.18. The van der Waals surface area contributed by atoms with Gasteiger partial charge in [0.25, 0.3) is 0 Å².